The highest BCUT2D eigenvalue weighted by Crippen LogP contribution is 2.59. The average molecular weight is 390 g/mol. The Hall–Kier alpha value is -2.82. The summed E-state index contributed by atoms with van der Waals surface area (Å²) in [4.78, 5) is 27.5. The standard InChI is InChI=1S/C24H26N2O3/c1-3-29-19-9-8-18-15-23(12-10-16-6-4-5-7-17(16)11-13-23)24(20(18)14-19)21(27)26(2)22(28)25-24/h4-9,14H,3,10-13,15H2,1-2H3,(H,25,28). The summed E-state index contributed by atoms with van der Waals surface area (Å²) < 4.78 is 5.74. The smallest absolute Gasteiger partial charge is 0.325 e. The average Bonchev–Trinajstić information content (AvgIpc) is 3.02. The number of imide groups is 1. The molecule has 0 bridgehead atoms. The van der Waals surface area contributed by atoms with Crippen molar-refractivity contribution in [1.82, 2.24) is 10.2 Å². The number of nitrogens with one attached hydrogen (secondary N) is 1. The van der Waals surface area contributed by atoms with Gasteiger partial charge in [-0.25, -0.2) is 4.79 Å². The lowest BCUT2D eigenvalue weighted by molar-refractivity contribution is -0.135. The van der Waals surface area contributed by atoms with Crippen molar-refractivity contribution in [2.75, 3.05) is 13.7 Å². The van der Waals surface area contributed by atoms with E-state index in [-0.39, 0.29) is 17.4 Å². The zero-order valence-corrected chi connectivity index (χ0v) is 17.0. The van der Waals surface area contributed by atoms with Gasteiger partial charge in [-0.3, -0.25) is 9.69 Å². The maximum atomic E-state index is 13.6. The normalized spacial score (nSPS) is 24.4. The Balaban J connectivity index is 1.66. The molecule has 2 aliphatic carbocycles. The Morgan fingerprint density at radius 3 is 2.31 bits per heavy atom. The van der Waals surface area contributed by atoms with Gasteiger partial charge in [-0.1, -0.05) is 30.3 Å². The highest BCUT2D eigenvalue weighted by atomic mass is 16.5. The SMILES string of the molecule is CCOc1ccc2c(c1)C1(NC(=O)N(C)C1=O)C1(CCc3ccccc3CC1)C2. The van der Waals surface area contributed by atoms with Crippen LogP contribution < -0.4 is 10.1 Å². The van der Waals surface area contributed by atoms with Gasteiger partial charge < -0.3 is 10.1 Å². The molecule has 0 saturated carbocycles. The number of likely N-dealkylation sites (N-methyl/N-ethyl adjacent to an activating group) is 1. The van der Waals surface area contributed by atoms with Crippen LogP contribution in [0, 0.1) is 5.41 Å². The van der Waals surface area contributed by atoms with Crippen molar-refractivity contribution in [2.45, 2.75) is 44.6 Å². The van der Waals surface area contributed by atoms with Crippen molar-refractivity contribution in [3.8, 4) is 5.75 Å². The summed E-state index contributed by atoms with van der Waals surface area (Å²) in [5, 5.41) is 3.15. The lowest BCUT2D eigenvalue weighted by atomic mass is 9.65. The number of nitrogens with zero attached hydrogens (tertiary/aromatic N) is 1. The predicted molar refractivity (Wildman–Crippen MR) is 110 cm³/mol. The molecule has 29 heavy (non-hydrogen) atoms. The second kappa shape index (κ2) is 6.34. The number of hydrogen-bond acceptors (Lipinski definition) is 3. The number of rotatable bonds is 2. The van der Waals surface area contributed by atoms with Gasteiger partial charge in [0.2, 0.25) is 0 Å². The number of urea groups is 1. The van der Waals surface area contributed by atoms with Gasteiger partial charge in [0, 0.05) is 12.5 Å². The Labute approximate surface area is 171 Å². The van der Waals surface area contributed by atoms with Crippen molar-refractivity contribution in [3.63, 3.8) is 0 Å². The molecule has 2 spiro atoms. The molecule has 5 rings (SSSR count). The molecular formula is C24H26N2O3. The van der Waals surface area contributed by atoms with Gasteiger partial charge in [0.15, 0.2) is 5.54 Å². The molecule has 1 N–H and O–H groups in total. The molecule has 3 aliphatic rings. The molecule has 5 nitrogen and oxygen atoms in total. The van der Waals surface area contributed by atoms with Crippen molar-refractivity contribution in [1.29, 1.82) is 0 Å². The monoisotopic (exact) mass is 390 g/mol. The van der Waals surface area contributed by atoms with Gasteiger partial charge in [0.1, 0.15) is 5.75 Å². The third-order valence-corrected chi connectivity index (χ3v) is 7.21. The number of benzene rings is 2. The van der Waals surface area contributed by atoms with E-state index < -0.39 is 5.54 Å². The minimum Gasteiger partial charge on any atom is -0.494 e. The quantitative estimate of drug-likeness (QED) is 0.798. The number of carbonyl (C=O) groups excluding carboxylic acids is 2. The molecule has 150 valence electrons. The zero-order chi connectivity index (χ0) is 20.2. The first-order valence-corrected chi connectivity index (χ1v) is 10.4. The fourth-order valence-corrected chi connectivity index (χ4v) is 5.75. The second-order valence-corrected chi connectivity index (χ2v) is 8.52. The van der Waals surface area contributed by atoms with Crippen LogP contribution in [-0.4, -0.2) is 30.5 Å². The highest BCUT2D eigenvalue weighted by Gasteiger charge is 2.67. The van der Waals surface area contributed by atoms with Gasteiger partial charge in [-0.2, -0.15) is 0 Å². The largest absolute Gasteiger partial charge is 0.494 e. The van der Waals surface area contributed by atoms with E-state index >= 15 is 0 Å². The molecule has 3 amide bonds. The highest BCUT2D eigenvalue weighted by molar-refractivity contribution is 6.08. The molecule has 1 fully saturated rings. The van der Waals surface area contributed by atoms with E-state index in [9.17, 15) is 9.59 Å². The van der Waals surface area contributed by atoms with Crippen LogP contribution in [0.3, 0.4) is 0 Å². The second-order valence-electron chi connectivity index (χ2n) is 8.52. The van der Waals surface area contributed by atoms with E-state index in [1.807, 2.05) is 19.1 Å². The number of fused-ring (bicyclic) bond motifs is 4. The van der Waals surface area contributed by atoms with Crippen LogP contribution in [-0.2, 0) is 29.6 Å². The summed E-state index contributed by atoms with van der Waals surface area (Å²) in [6.45, 7) is 2.51. The first-order valence-electron chi connectivity index (χ1n) is 10.4. The van der Waals surface area contributed by atoms with Crippen molar-refractivity contribution in [2.24, 2.45) is 5.41 Å². The summed E-state index contributed by atoms with van der Waals surface area (Å²) >= 11 is 0. The van der Waals surface area contributed by atoms with Crippen LogP contribution in [0.5, 0.6) is 5.75 Å². The van der Waals surface area contributed by atoms with Gasteiger partial charge in [0.25, 0.3) is 5.91 Å². The third kappa shape index (κ3) is 2.39. The van der Waals surface area contributed by atoms with Crippen LogP contribution >= 0.6 is 0 Å². The maximum absolute atomic E-state index is 13.6. The first kappa shape index (κ1) is 18.2. The lowest BCUT2D eigenvalue weighted by Gasteiger charge is -2.41. The molecule has 1 heterocycles. The van der Waals surface area contributed by atoms with Gasteiger partial charge in [0.05, 0.1) is 6.61 Å². The summed E-state index contributed by atoms with van der Waals surface area (Å²) in [6.07, 6.45) is 4.35. The van der Waals surface area contributed by atoms with Crippen LogP contribution in [0.1, 0.15) is 42.0 Å². The Bertz CT molecular complexity index is 988. The van der Waals surface area contributed by atoms with Crippen molar-refractivity contribution < 1.29 is 14.3 Å². The fourth-order valence-electron chi connectivity index (χ4n) is 5.75. The molecule has 1 aliphatic heterocycles. The van der Waals surface area contributed by atoms with Crippen LogP contribution in [0.15, 0.2) is 42.5 Å². The number of amides is 3. The lowest BCUT2D eigenvalue weighted by Crippen LogP contribution is -2.55. The minimum absolute atomic E-state index is 0.138. The molecule has 1 unspecified atom stereocenters. The summed E-state index contributed by atoms with van der Waals surface area (Å²) in [6, 6.07) is 14.3. The predicted octanol–water partition coefficient (Wildman–Crippen LogP) is 3.58. The van der Waals surface area contributed by atoms with E-state index in [4.69, 9.17) is 4.74 Å². The van der Waals surface area contributed by atoms with Crippen molar-refractivity contribution >= 4 is 11.9 Å². The fraction of sp³-hybridized carbons (Fsp3) is 0.417. The molecule has 2 aromatic carbocycles. The van der Waals surface area contributed by atoms with E-state index in [2.05, 4.69) is 35.6 Å². The van der Waals surface area contributed by atoms with Gasteiger partial charge >= 0.3 is 6.03 Å². The molecule has 1 atom stereocenters. The number of ether oxygens (including phenoxy) is 1. The van der Waals surface area contributed by atoms with E-state index in [0.29, 0.717) is 6.61 Å². The Morgan fingerprint density at radius 2 is 1.72 bits per heavy atom. The number of carbonyl (C=O) groups is 2. The van der Waals surface area contributed by atoms with E-state index in [1.54, 1.807) is 7.05 Å². The van der Waals surface area contributed by atoms with Crippen LogP contribution in [0.4, 0.5) is 4.79 Å². The van der Waals surface area contributed by atoms with E-state index in [0.717, 1.165) is 49.0 Å². The zero-order valence-electron chi connectivity index (χ0n) is 17.0. The number of hydrogen-bond donors (Lipinski definition) is 1. The van der Waals surface area contributed by atoms with Gasteiger partial charge in [-0.15, -0.1) is 0 Å². The summed E-state index contributed by atoms with van der Waals surface area (Å²) in [5.41, 5.74) is 3.42. The summed E-state index contributed by atoms with van der Waals surface area (Å²) in [7, 11) is 1.58. The van der Waals surface area contributed by atoms with Crippen molar-refractivity contribution in [3.05, 3.63) is 64.7 Å². The van der Waals surface area contributed by atoms with Gasteiger partial charge in [-0.05, 0) is 73.4 Å². The molecule has 1 saturated heterocycles. The summed E-state index contributed by atoms with van der Waals surface area (Å²) in [5.74, 6) is 0.608. The Morgan fingerprint density at radius 1 is 1.03 bits per heavy atom. The maximum Gasteiger partial charge on any atom is 0.325 e. The molecule has 2 aromatic rings. The molecule has 0 aromatic heterocycles. The molecular weight excluding hydrogens is 364 g/mol. The van der Waals surface area contributed by atoms with Crippen LogP contribution in [0.2, 0.25) is 0 Å². The minimum atomic E-state index is -1.01. The first-order chi connectivity index (χ1) is 14.0. The molecule has 5 heteroatoms. The van der Waals surface area contributed by atoms with E-state index in [1.165, 1.54) is 16.0 Å². The molecule has 0 radical (unpaired) electrons. The third-order valence-electron chi connectivity index (χ3n) is 7.21. The Kier molecular flexibility index (Phi) is 3.99. The van der Waals surface area contributed by atoms with Crippen LogP contribution in [0.25, 0.3) is 0 Å². The topological polar surface area (TPSA) is 58.6 Å². The number of aryl methyl sites for hydroxylation is 2.